The lowest BCUT2D eigenvalue weighted by molar-refractivity contribution is -0.126. The summed E-state index contributed by atoms with van der Waals surface area (Å²) in [5.41, 5.74) is 1.84. The first kappa shape index (κ1) is 19.1. The smallest absolute Gasteiger partial charge is 0.227 e. The predicted molar refractivity (Wildman–Crippen MR) is 108 cm³/mol. The first-order chi connectivity index (χ1) is 14.1. The number of nitrogens with zero attached hydrogens (tertiary/aromatic N) is 1. The Balaban J connectivity index is 1.29. The minimum absolute atomic E-state index is 0.0714. The minimum atomic E-state index is -0.380. The maximum atomic E-state index is 12.5. The second-order valence-electron chi connectivity index (χ2n) is 7.19. The van der Waals surface area contributed by atoms with Gasteiger partial charge in [0.1, 0.15) is 25.6 Å². The molecule has 7 nitrogen and oxygen atoms in total. The monoisotopic (exact) mass is 396 g/mol. The van der Waals surface area contributed by atoms with Gasteiger partial charge in [0.15, 0.2) is 11.5 Å². The number of hydrogen-bond donors (Lipinski definition) is 1. The van der Waals surface area contributed by atoms with Crippen molar-refractivity contribution in [2.45, 2.75) is 13.3 Å². The number of carbonyl (C=O) groups excluding carboxylic acids is 2. The Hall–Kier alpha value is -3.22. The van der Waals surface area contributed by atoms with Crippen molar-refractivity contribution >= 4 is 17.5 Å². The van der Waals surface area contributed by atoms with Gasteiger partial charge in [0.25, 0.3) is 0 Å². The normalized spacial score (nSPS) is 17.9. The molecular weight excluding hydrogens is 372 g/mol. The fourth-order valence-corrected chi connectivity index (χ4v) is 3.53. The molecule has 7 heteroatoms. The summed E-state index contributed by atoms with van der Waals surface area (Å²) in [6.07, 6.45) is 0.193. The molecule has 2 amide bonds. The van der Waals surface area contributed by atoms with Crippen molar-refractivity contribution in [2.24, 2.45) is 5.92 Å². The van der Waals surface area contributed by atoms with Crippen molar-refractivity contribution in [3.63, 3.8) is 0 Å². The molecule has 2 aliphatic heterocycles. The lowest BCUT2D eigenvalue weighted by Gasteiger charge is -2.22. The molecule has 1 N–H and O–H groups in total. The summed E-state index contributed by atoms with van der Waals surface area (Å²) in [4.78, 5) is 26.6. The topological polar surface area (TPSA) is 77.1 Å². The highest BCUT2D eigenvalue weighted by Gasteiger charge is 2.35. The van der Waals surface area contributed by atoms with E-state index in [1.165, 1.54) is 0 Å². The summed E-state index contributed by atoms with van der Waals surface area (Å²) >= 11 is 0. The van der Waals surface area contributed by atoms with E-state index in [1.54, 1.807) is 17.0 Å². The molecule has 0 radical (unpaired) electrons. The van der Waals surface area contributed by atoms with E-state index in [0.29, 0.717) is 44.4 Å². The molecular formula is C22H24N2O5. The average Bonchev–Trinajstić information content (AvgIpc) is 3.12. The van der Waals surface area contributed by atoms with E-state index in [0.717, 1.165) is 17.0 Å². The van der Waals surface area contributed by atoms with Gasteiger partial charge in [-0.15, -0.1) is 0 Å². The molecule has 2 heterocycles. The van der Waals surface area contributed by atoms with Crippen LogP contribution in [-0.2, 0) is 9.59 Å². The molecule has 4 rings (SSSR count). The van der Waals surface area contributed by atoms with Gasteiger partial charge in [-0.1, -0.05) is 12.1 Å². The highest BCUT2D eigenvalue weighted by atomic mass is 16.6. The van der Waals surface area contributed by atoms with Gasteiger partial charge >= 0.3 is 0 Å². The van der Waals surface area contributed by atoms with Crippen LogP contribution in [0.4, 0.5) is 5.69 Å². The lowest BCUT2D eigenvalue weighted by Crippen LogP contribution is -2.35. The van der Waals surface area contributed by atoms with E-state index in [9.17, 15) is 9.59 Å². The number of amides is 2. The standard InChI is InChI=1S/C22H24N2O5/c1-15-3-2-4-18(11-15)27-8-7-23-22(26)16-12-21(25)24(14-16)17-5-6-19-20(13-17)29-10-9-28-19/h2-6,11,13,16H,7-10,12,14H2,1H3,(H,23,26)/t16-/m0/s1. The number of anilines is 1. The molecule has 0 unspecified atom stereocenters. The average molecular weight is 396 g/mol. The van der Waals surface area contributed by atoms with Crippen LogP contribution in [0.3, 0.4) is 0 Å². The Bertz CT molecular complexity index is 914. The van der Waals surface area contributed by atoms with Crippen molar-refractivity contribution in [2.75, 3.05) is 37.8 Å². The van der Waals surface area contributed by atoms with Crippen LogP contribution in [0.25, 0.3) is 0 Å². The number of ether oxygens (including phenoxy) is 3. The largest absolute Gasteiger partial charge is 0.492 e. The van der Waals surface area contributed by atoms with Crippen molar-refractivity contribution in [1.82, 2.24) is 5.32 Å². The number of carbonyl (C=O) groups is 2. The second kappa shape index (κ2) is 8.43. The van der Waals surface area contributed by atoms with E-state index >= 15 is 0 Å². The number of rotatable bonds is 6. The van der Waals surface area contributed by atoms with Crippen LogP contribution in [0.15, 0.2) is 42.5 Å². The van der Waals surface area contributed by atoms with Crippen molar-refractivity contribution in [3.05, 3.63) is 48.0 Å². The van der Waals surface area contributed by atoms with Crippen LogP contribution in [0.1, 0.15) is 12.0 Å². The third kappa shape index (κ3) is 4.45. The third-order valence-corrected chi connectivity index (χ3v) is 4.99. The van der Waals surface area contributed by atoms with Crippen molar-refractivity contribution in [3.8, 4) is 17.2 Å². The van der Waals surface area contributed by atoms with Gasteiger partial charge in [0.2, 0.25) is 11.8 Å². The molecule has 0 aliphatic carbocycles. The maximum absolute atomic E-state index is 12.5. The van der Waals surface area contributed by atoms with E-state index in [-0.39, 0.29) is 24.2 Å². The van der Waals surface area contributed by atoms with Crippen molar-refractivity contribution in [1.29, 1.82) is 0 Å². The summed E-state index contributed by atoms with van der Waals surface area (Å²) in [6, 6.07) is 13.2. The first-order valence-electron chi connectivity index (χ1n) is 9.77. The van der Waals surface area contributed by atoms with Gasteiger partial charge in [0, 0.05) is 24.7 Å². The zero-order valence-electron chi connectivity index (χ0n) is 16.3. The fourth-order valence-electron chi connectivity index (χ4n) is 3.53. The first-order valence-corrected chi connectivity index (χ1v) is 9.77. The van der Waals surface area contributed by atoms with Crippen LogP contribution in [0.5, 0.6) is 17.2 Å². The van der Waals surface area contributed by atoms with Gasteiger partial charge in [-0.05, 0) is 36.8 Å². The summed E-state index contributed by atoms with van der Waals surface area (Å²) in [5.74, 6) is 1.50. The number of aryl methyl sites for hydroxylation is 1. The highest BCUT2D eigenvalue weighted by molar-refractivity contribution is 6.00. The van der Waals surface area contributed by atoms with Crippen LogP contribution in [0, 0.1) is 12.8 Å². The number of fused-ring (bicyclic) bond motifs is 1. The quantitative estimate of drug-likeness (QED) is 0.759. The van der Waals surface area contributed by atoms with Gasteiger partial charge in [0.05, 0.1) is 12.5 Å². The molecule has 2 aromatic carbocycles. The lowest BCUT2D eigenvalue weighted by atomic mass is 10.1. The second-order valence-corrected chi connectivity index (χ2v) is 7.19. The molecule has 1 atom stereocenters. The molecule has 0 bridgehead atoms. The summed E-state index contributed by atoms with van der Waals surface area (Å²) in [6.45, 7) is 4.12. The predicted octanol–water partition coefficient (Wildman–Crippen LogP) is 2.31. The fraction of sp³-hybridized carbons (Fsp3) is 0.364. The summed E-state index contributed by atoms with van der Waals surface area (Å²) in [5, 5.41) is 2.86. The van der Waals surface area contributed by atoms with Gasteiger partial charge in [-0.3, -0.25) is 9.59 Å². The molecule has 152 valence electrons. The third-order valence-electron chi connectivity index (χ3n) is 4.99. The molecule has 1 saturated heterocycles. The van der Waals surface area contributed by atoms with Crippen LogP contribution in [0.2, 0.25) is 0 Å². The zero-order chi connectivity index (χ0) is 20.2. The minimum Gasteiger partial charge on any atom is -0.492 e. The highest BCUT2D eigenvalue weighted by Crippen LogP contribution is 2.35. The molecule has 1 fully saturated rings. The van der Waals surface area contributed by atoms with Gasteiger partial charge < -0.3 is 24.4 Å². The van der Waals surface area contributed by atoms with E-state index < -0.39 is 0 Å². The van der Waals surface area contributed by atoms with Crippen LogP contribution >= 0.6 is 0 Å². The van der Waals surface area contributed by atoms with Gasteiger partial charge in [-0.2, -0.15) is 0 Å². The summed E-state index contributed by atoms with van der Waals surface area (Å²) in [7, 11) is 0. The Kier molecular flexibility index (Phi) is 5.55. The van der Waals surface area contributed by atoms with Gasteiger partial charge in [-0.25, -0.2) is 0 Å². The molecule has 29 heavy (non-hydrogen) atoms. The zero-order valence-corrected chi connectivity index (χ0v) is 16.3. The van der Waals surface area contributed by atoms with E-state index in [1.807, 2.05) is 37.3 Å². The van der Waals surface area contributed by atoms with Crippen LogP contribution in [-0.4, -0.2) is 44.7 Å². The molecule has 2 aliphatic rings. The van der Waals surface area contributed by atoms with E-state index in [2.05, 4.69) is 5.32 Å². The Morgan fingerprint density at radius 2 is 2.00 bits per heavy atom. The van der Waals surface area contributed by atoms with Crippen LogP contribution < -0.4 is 24.4 Å². The molecule has 0 aromatic heterocycles. The Morgan fingerprint density at radius 3 is 2.83 bits per heavy atom. The Labute approximate surface area is 169 Å². The number of benzene rings is 2. The maximum Gasteiger partial charge on any atom is 0.227 e. The summed E-state index contributed by atoms with van der Waals surface area (Å²) < 4.78 is 16.7. The Morgan fingerprint density at radius 1 is 1.17 bits per heavy atom. The van der Waals surface area contributed by atoms with Crippen molar-refractivity contribution < 1.29 is 23.8 Å². The number of nitrogens with one attached hydrogen (secondary N) is 1. The number of hydrogen-bond acceptors (Lipinski definition) is 5. The SMILES string of the molecule is Cc1cccc(OCCNC(=O)[C@H]2CC(=O)N(c3ccc4c(c3)OCCO4)C2)c1. The van der Waals surface area contributed by atoms with E-state index in [4.69, 9.17) is 14.2 Å². The molecule has 2 aromatic rings. The molecule has 0 saturated carbocycles. The molecule has 0 spiro atoms.